The van der Waals surface area contributed by atoms with Gasteiger partial charge in [0.2, 0.25) is 10.0 Å². The Bertz CT molecular complexity index is 790. The zero-order valence-corrected chi connectivity index (χ0v) is 12.0. The van der Waals surface area contributed by atoms with Crippen LogP contribution in [0.25, 0.3) is 0 Å². The number of hydrogen-bond acceptors (Lipinski definition) is 3. The Kier molecular flexibility index (Phi) is 3.43. The molecule has 110 valence electrons. The molecule has 2 aromatic rings. The molecule has 4 nitrogen and oxygen atoms in total. The van der Waals surface area contributed by atoms with E-state index in [2.05, 4.69) is 4.72 Å². The van der Waals surface area contributed by atoms with E-state index < -0.39 is 15.8 Å². The number of benzene rings is 2. The fourth-order valence-electron chi connectivity index (χ4n) is 2.51. The zero-order chi connectivity index (χ0) is 15.0. The third-order valence-corrected chi connectivity index (χ3v) is 5.18. The summed E-state index contributed by atoms with van der Waals surface area (Å²) in [5.74, 6) is -0.554. The van der Waals surface area contributed by atoms with Gasteiger partial charge < -0.3 is 5.73 Å². The van der Waals surface area contributed by atoms with Crippen LogP contribution >= 0.6 is 0 Å². The number of fused-ring (bicyclic) bond motifs is 1. The first-order valence-corrected chi connectivity index (χ1v) is 8.08. The molecule has 21 heavy (non-hydrogen) atoms. The van der Waals surface area contributed by atoms with Crippen molar-refractivity contribution in [1.82, 2.24) is 4.72 Å². The summed E-state index contributed by atoms with van der Waals surface area (Å²) in [5.41, 5.74) is 7.70. The highest BCUT2D eigenvalue weighted by molar-refractivity contribution is 7.89. The van der Waals surface area contributed by atoms with E-state index in [0.29, 0.717) is 6.54 Å². The molecule has 0 saturated carbocycles. The molecule has 1 aliphatic rings. The lowest BCUT2D eigenvalue weighted by molar-refractivity contribution is 0.550. The molecular formula is C15H15FN2O2S. The maximum Gasteiger partial charge on any atom is 0.240 e. The summed E-state index contributed by atoms with van der Waals surface area (Å²) in [6, 6.07) is 11.4. The molecule has 3 rings (SSSR count). The van der Waals surface area contributed by atoms with Gasteiger partial charge in [0.15, 0.2) is 0 Å². The van der Waals surface area contributed by atoms with Crippen molar-refractivity contribution in [2.45, 2.75) is 17.2 Å². The monoisotopic (exact) mass is 306 g/mol. The van der Waals surface area contributed by atoms with Crippen LogP contribution in [0.2, 0.25) is 0 Å². The normalized spacial score (nSPS) is 17.1. The van der Waals surface area contributed by atoms with E-state index in [1.165, 1.54) is 23.3 Å². The van der Waals surface area contributed by atoms with E-state index in [1.807, 2.05) is 24.3 Å². The number of sulfonamides is 1. The van der Waals surface area contributed by atoms with Gasteiger partial charge in [-0.1, -0.05) is 24.3 Å². The summed E-state index contributed by atoms with van der Waals surface area (Å²) >= 11 is 0. The minimum absolute atomic E-state index is 0.0677. The lowest BCUT2D eigenvalue weighted by atomic mass is 9.78. The van der Waals surface area contributed by atoms with Gasteiger partial charge in [-0.05, 0) is 35.7 Å². The third-order valence-electron chi connectivity index (χ3n) is 3.76. The average molecular weight is 306 g/mol. The average Bonchev–Trinajstić information content (AvgIpc) is 2.42. The highest BCUT2D eigenvalue weighted by Gasteiger charge is 2.27. The van der Waals surface area contributed by atoms with Crippen LogP contribution in [0.3, 0.4) is 0 Å². The van der Waals surface area contributed by atoms with Crippen molar-refractivity contribution in [3.8, 4) is 0 Å². The summed E-state index contributed by atoms with van der Waals surface area (Å²) in [5, 5.41) is 0. The van der Waals surface area contributed by atoms with Crippen LogP contribution in [0.15, 0.2) is 47.4 Å². The molecule has 1 atom stereocenters. The maximum absolute atomic E-state index is 13.4. The Morgan fingerprint density at radius 2 is 2.00 bits per heavy atom. The minimum atomic E-state index is -3.72. The van der Waals surface area contributed by atoms with Crippen LogP contribution in [0.4, 0.5) is 10.1 Å². The molecular weight excluding hydrogens is 291 g/mol. The van der Waals surface area contributed by atoms with Crippen LogP contribution in [-0.4, -0.2) is 15.0 Å². The van der Waals surface area contributed by atoms with Gasteiger partial charge in [0.25, 0.3) is 0 Å². The number of anilines is 1. The Balaban J connectivity index is 1.72. The number of halogens is 1. The van der Waals surface area contributed by atoms with E-state index >= 15 is 0 Å². The Hall–Kier alpha value is -1.92. The van der Waals surface area contributed by atoms with Gasteiger partial charge in [-0.25, -0.2) is 17.5 Å². The first-order chi connectivity index (χ1) is 9.97. The van der Waals surface area contributed by atoms with Gasteiger partial charge in [0.05, 0.1) is 10.6 Å². The second kappa shape index (κ2) is 5.13. The van der Waals surface area contributed by atoms with Gasteiger partial charge in [0.1, 0.15) is 5.82 Å². The molecule has 0 heterocycles. The highest BCUT2D eigenvalue weighted by atomic mass is 32.2. The number of nitrogen functional groups attached to an aromatic ring is 1. The van der Waals surface area contributed by atoms with Crippen LogP contribution in [0, 0.1) is 5.82 Å². The second-order valence-electron chi connectivity index (χ2n) is 5.14. The SMILES string of the molecule is Nc1ccc(S(=O)(=O)NCC2Cc3ccccc32)cc1F. The summed E-state index contributed by atoms with van der Waals surface area (Å²) in [7, 11) is -3.72. The predicted octanol–water partition coefficient (Wildman–Crippen LogP) is 2.03. The first-order valence-electron chi connectivity index (χ1n) is 6.60. The van der Waals surface area contributed by atoms with Crippen molar-refractivity contribution in [3.05, 3.63) is 59.4 Å². The van der Waals surface area contributed by atoms with E-state index in [9.17, 15) is 12.8 Å². The zero-order valence-electron chi connectivity index (χ0n) is 11.2. The fourth-order valence-corrected chi connectivity index (χ4v) is 3.61. The van der Waals surface area contributed by atoms with E-state index in [-0.39, 0.29) is 16.5 Å². The van der Waals surface area contributed by atoms with Crippen molar-refractivity contribution in [3.63, 3.8) is 0 Å². The van der Waals surface area contributed by atoms with Crippen molar-refractivity contribution in [1.29, 1.82) is 0 Å². The lowest BCUT2D eigenvalue weighted by Crippen LogP contribution is -2.33. The topological polar surface area (TPSA) is 72.2 Å². The molecule has 1 aliphatic carbocycles. The molecule has 0 fully saturated rings. The van der Waals surface area contributed by atoms with Crippen molar-refractivity contribution in [2.24, 2.45) is 0 Å². The molecule has 0 aromatic heterocycles. The van der Waals surface area contributed by atoms with Gasteiger partial charge in [-0.15, -0.1) is 0 Å². The first kappa shape index (κ1) is 14.0. The van der Waals surface area contributed by atoms with Crippen LogP contribution in [0.1, 0.15) is 17.0 Å². The van der Waals surface area contributed by atoms with Crippen molar-refractivity contribution in [2.75, 3.05) is 12.3 Å². The van der Waals surface area contributed by atoms with E-state index in [1.54, 1.807) is 0 Å². The molecule has 2 aromatic carbocycles. The van der Waals surface area contributed by atoms with Crippen molar-refractivity contribution >= 4 is 15.7 Å². The molecule has 0 aliphatic heterocycles. The van der Waals surface area contributed by atoms with Crippen LogP contribution < -0.4 is 10.5 Å². The number of nitrogens with two attached hydrogens (primary N) is 1. The Morgan fingerprint density at radius 3 is 2.71 bits per heavy atom. The third kappa shape index (κ3) is 2.64. The smallest absolute Gasteiger partial charge is 0.240 e. The predicted molar refractivity (Wildman–Crippen MR) is 78.9 cm³/mol. The van der Waals surface area contributed by atoms with Gasteiger partial charge in [-0.3, -0.25) is 0 Å². The van der Waals surface area contributed by atoms with Gasteiger partial charge in [0, 0.05) is 12.5 Å². The number of hydrogen-bond donors (Lipinski definition) is 2. The molecule has 0 spiro atoms. The summed E-state index contributed by atoms with van der Waals surface area (Å²) in [6.07, 6.45) is 0.856. The molecule has 6 heteroatoms. The lowest BCUT2D eigenvalue weighted by Gasteiger charge is -2.30. The Morgan fingerprint density at radius 1 is 1.24 bits per heavy atom. The Labute approximate surface area is 122 Å². The minimum Gasteiger partial charge on any atom is -0.396 e. The quantitative estimate of drug-likeness (QED) is 0.849. The summed E-state index contributed by atoms with van der Waals surface area (Å²) in [4.78, 5) is -0.109. The van der Waals surface area contributed by atoms with Gasteiger partial charge >= 0.3 is 0 Å². The standard InChI is InChI=1S/C15H15FN2O2S/c16-14-8-12(5-6-15(14)17)21(19,20)18-9-11-7-10-3-1-2-4-13(10)11/h1-6,8,11,18H,7,9,17H2. The molecule has 1 unspecified atom stereocenters. The number of rotatable bonds is 4. The van der Waals surface area contributed by atoms with E-state index in [0.717, 1.165) is 12.5 Å². The largest absolute Gasteiger partial charge is 0.396 e. The summed E-state index contributed by atoms with van der Waals surface area (Å²) in [6.45, 7) is 0.311. The van der Waals surface area contributed by atoms with E-state index in [4.69, 9.17) is 5.73 Å². The van der Waals surface area contributed by atoms with Gasteiger partial charge in [-0.2, -0.15) is 0 Å². The molecule has 0 amide bonds. The van der Waals surface area contributed by atoms with Crippen molar-refractivity contribution < 1.29 is 12.8 Å². The second-order valence-corrected chi connectivity index (χ2v) is 6.90. The molecule has 0 bridgehead atoms. The fraction of sp³-hybridized carbons (Fsp3) is 0.200. The number of nitrogens with one attached hydrogen (secondary N) is 1. The highest BCUT2D eigenvalue weighted by Crippen LogP contribution is 2.34. The molecule has 3 N–H and O–H groups in total. The summed E-state index contributed by atoms with van der Waals surface area (Å²) < 4.78 is 40.2. The molecule has 0 radical (unpaired) electrons. The van der Waals surface area contributed by atoms with Crippen LogP contribution in [0.5, 0.6) is 0 Å². The van der Waals surface area contributed by atoms with Crippen LogP contribution in [-0.2, 0) is 16.4 Å². The maximum atomic E-state index is 13.4. The molecule has 0 saturated heterocycles.